The average Bonchev–Trinajstić information content (AvgIpc) is 3.46. The molecule has 0 aromatic heterocycles. The predicted octanol–water partition coefficient (Wildman–Crippen LogP) is 5.10. The van der Waals surface area contributed by atoms with Crippen LogP contribution in [-0.2, 0) is 25.6 Å². The number of nitrogens with zero attached hydrogens (tertiary/aromatic N) is 1. The zero-order valence-corrected chi connectivity index (χ0v) is 24.4. The molecule has 224 valence electrons. The topological polar surface area (TPSA) is 123 Å². The molecule has 10 nitrogen and oxygen atoms in total. The number of fused-ring (bicyclic) bond motifs is 3. The second-order valence-electron chi connectivity index (χ2n) is 11.6. The molecule has 4 amide bonds. The summed E-state index contributed by atoms with van der Waals surface area (Å²) in [5, 5.41) is 5.86. The standard InChI is InChI=1S/C33H35N3O7/c1-33(2,3)42-23-14-12-21(13-15-23)18-22(19-34-31(39)43-36-29(37)16-17-30(36)38)35-32(40)41-20-28-26-10-6-4-8-24(26)25-9-5-7-11-27(25)28/h4-15,22,28H,16-20H2,1-3H3,(H,34,39)(H,35,40)/t22-/m0/s1. The van der Waals surface area contributed by atoms with E-state index in [-0.39, 0.29) is 37.5 Å². The lowest BCUT2D eigenvalue weighted by Crippen LogP contribution is -2.46. The number of amides is 4. The number of nitrogens with one attached hydrogen (secondary N) is 2. The maximum atomic E-state index is 13.0. The molecule has 43 heavy (non-hydrogen) atoms. The van der Waals surface area contributed by atoms with E-state index in [1.165, 1.54) is 0 Å². The lowest BCUT2D eigenvalue weighted by molar-refractivity contribution is -0.171. The van der Waals surface area contributed by atoms with Gasteiger partial charge >= 0.3 is 12.2 Å². The van der Waals surface area contributed by atoms with Gasteiger partial charge in [-0.2, -0.15) is 0 Å². The minimum atomic E-state index is -0.975. The van der Waals surface area contributed by atoms with E-state index in [1.54, 1.807) is 0 Å². The second kappa shape index (κ2) is 12.6. The Bertz CT molecular complexity index is 1450. The maximum absolute atomic E-state index is 13.0. The van der Waals surface area contributed by atoms with Crippen LogP contribution in [0.1, 0.15) is 56.2 Å². The van der Waals surface area contributed by atoms with Crippen molar-refractivity contribution in [2.24, 2.45) is 0 Å². The largest absolute Gasteiger partial charge is 0.488 e. The Morgan fingerprint density at radius 2 is 1.44 bits per heavy atom. The molecule has 3 aromatic rings. The number of imide groups is 1. The first-order valence-electron chi connectivity index (χ1n) is 14.3. The van der Waals surface area contributed by atoms with Gasteiger partial charge in [-0.05, 0) is 67.1 Å². The number of carbonyl (C=O) groups is 4. The van der Waals surface area contributed by atoms with Crippen molar-refractivity contribution in [3.63, 3.8) is 0 Å². The van der Waals surface area contributed by atoms with E-state index in [0.717, 1.165) is 27.8 Å². The maximum Gasteiger partial charge on any atom is 0.432 e. The fourth-order valence-electron chi connectivity index (χ4n) is 5.29. The third-order valence-electron chi connectivity index (χ3n) is 7.17. The third kappa shape index (κ3) is 7.32. The molecule has 1 saturated heterocycles. The first-order chi connectivity index (χ1) is 20.6. The van der Waals surface area contributed by atoms with Crippen LogP contribution >= 0.6 is 0 Å². The van der Waals surface area contributed by atoms with E-state index in [4.69, 9.17) is 14.3 Å². The Hall–Kier alpha value is -4.86. The Morgan fingerprint density at radius 1 is 0.860 bits per heavy atom. The quantitative estimate of drug-likeness (QED) is 0.335. The molecule has 0 saturated carbocycles. The Labute approximate surface area is 250 Å². The van der Waals surface area contributed by atoms with Crippen LogP contribution < -0.4 is 15.4 Å². The van der Waals surface area contributed by atoms with E-state index in [2.05, 4.69) is 22.8 Å². The van der Waals surface area contributed by atoms with Gasteiger partial charge in [-0.3, -0.25) is 9.59 Å². The molecule has 1 fully saturated rings. The van der Waals surface area contributed by atoms with Gasteiger partial charge < -0.3 is 24.9 Å². The number of rotatable bonds is 9. The van der Waals surface area contributed by atoms with E-state index in [0.29, 0.717) is 17.2 Å². The smallest absolute Gasteiger partial charge is 0.432 e. The molecule has 5 rings (SSSR count). The van der Waals surface area contributed by atoms with Gasteiger partial charge in [-0.25, -0.2) is 9.59 Å². The highest BCUT2D eigenvalue weighted by Gasteiger charge is 2.33. The summed E-state index contributed by atoms with van der Waals surface area (Å²) in [4.78, 5) is 54.0. The lowest BCUT2D eigenvalue weighted by atomic mass is 9.98. The van der Waals surface area contributed by atoms with Crippen LogP contribution in [0.5, 0.6) is 5.75 Å². The monoisotopic (exact) mass is 585 g/mol. The second-order valence-corrected chi connectivity index (χ2v) is 11.6. The third-order valence-corrected chi connectivity index (χ3v) is 7.17. The SMILES string of the molecule is CC(C)(C)Oc1ccc(C[C@@H](CNC(=O)ON2C(=O)CCC2=O)NC(=O)OCC2c3ccccc3-c3ccccc32)cc1. The van der Waals surface area contributed by atoms with E-state index < -0.39 is 30.0 Å². The number of ether oxygens (including phenoxy) is 2. The lowest BCUT2D eigenvalue weighted by Gasteiger charge is -2.22. The summed E-state index contributed by atoms with van der Waals surface area (Å²) in [5.41, 5.74) is 4.98. The van der Waals surface area contributed by atoms with Crippen molar-refractivity contribution in [1.82, 2.24) is 15.7 Å². The molecule has 0 unspecified atom stereocenters. The van der Waals surface area contributed by atoms with Gasteiger partial charge in [0.2, 0.25) is 0 Å². The van der Waals surface area contributed by atoms with Crippen molar-refractivity contribution >= 4 is 24.0 Å². The van der Waals surface area contributed by atoms with E-state index >= 15 is 0 Å². The van der Waals surface area contributed by atoms with Gasteiger partial charge in [0, 0.05) is 25.3 Å². The van der Waals surface area contributed by atoms with Crippen LogP contribution in [0.15, 0.2) is 72.8 Å². The summed E-state index contributed by atoms with van der Waals surface area (Å²) in [6, 6.07) is 23.0. The summed E-state index contributed by atoms with van der Waals surface area (Å²) < 4.78 is 11.6. The van der Waals surface area contributed by atoms with Crippen molar-refractivity contribution in [3.8, 4) is 16.9 Å². The van der Waals surface area contributed by atoms with Crippen LogP contribution in [-0.4, -0.2) is 53.9 Å². The van der Waals surface area contributed by atoms with Crippen LogP contribution in [0, 0.1) is 0 Å². The number of hydroxylamine groups is 2. The van der Waals surface area contributed by atoms with Gasteiger partial charge in [0.05, 0.1) is 6.04 Å². The molecule has 1 aliphatic heterocycles. The highest BCUT2D eigenvalue weighted by molar-refractivity contribution is 6.01. The van der Waals surface area contributed by atoms with Crippen LogP contribution in [0.4, 0.5) is 9.59 Å². The van der Waals surface area contributed by atoms with Gasteiger partial charge in [0.1, 0.15) is 18.0 Å². The van der Waals surface area contributed by atoms with Crippen molar-refractivity contribution < 1.29 is 33.5 Å². The molecule has 2 aliphatic rings. The molecule has 0 radical (unpaired) electrons. The Kier molecular flexibility index (Phi) is 8.66. The molecule has 3 aromatic carbocycles. The fraction of sp³-hybridized carbons (Fsp3) is 0.333. The first kappa shape index (κ1) is 29.6. The molecule has 2 N–H and O–H groups in total. The number of hydrogen-bond donors (Lipinski definition) is 2. The van der Waals surface area contributed by atoms with Crippen molar-refractivity contribution in [3.05, 3.63) is 89.5 Å². The van der Waals surface area contributed by atoms with Crippen LogP contribution in [0.3, 0.4) is 0 Å². The zero-order chi connectivity index (χ0) is 30.6. The summed E-state index contributed by atoms with van der Waals surface area (Å²) in [7, 11) is 0. The van der Waals surface area contributed by atoms with Gasteiger partial charge in [-0.15, -0.1) is 5.06 Å². The minimum Gasteiger partial charge on any atom is -0.488 e. The molecule has 1 aliphatic carbocycles. The summed E-state index contributed by atoms with van der Waals surface area (Å²) in [5.74, 6) is -0.549. The molecular weight excluding hydrogens is 550 g/mol. The summed E-state index contributed by atoms with van der Waals surface area (Å²) in [6.07, 6.45) is -1.28. The molecule has 1 heterocycles. The van der Waals surface area contributed by atoms with Crippen molar-refractivity contribution in [2.45, 2.75) is 57.6 Å². The molecular formula is C33H35N3O7. The summed E-state index contributed by atoms with van der Waals surface area (Å²) >= 11 is 0. The molecule has 0 bridgehead atoms. The Balaban J connectivity index is 1.24. The number of alkyl carbamates (subject to hydrolysis) is 1. The van der Waals surface area contributed by atoms with Crippen LogP contribution in [0.2, 0.25) is 0 Å². The van der Waals surface area contributed by atoms with Gasteiger partial charge in [0.15, 0.2) is 0 Å². The molecule has 1 atom stereocenters. The summed E-state index contributed by atoms with van der Waals surface area (Å²) in [6.45, 7) is 5.98. The molecule has 0 spiro atoms. The average molecular weight is 586 g/mol. The number of carbonyl (C=O) groups excluding carboxylic acids is 4. The van der Waals surface area contributed by atoms with Gasteiger partial charge in [-0.1, -0.05) is 60.7 Å². The minimum absolute atomic E-state index is 0.00694. The number of benzene rings is 3. The van der Waals surface area contributed by atoms with Crippen LogP contribution in [0.25, 0.3) is 11.1 Å². The van der Waals surface area contributed by atoms with Crippen molar-refractivity contribution in [2.75, 3.05) is 13.2 Å². The van der Waals surface area contributed by atoms with Gasteiger partial charge in [0.25, 0.3) is 11.8 Å². The predicted molar refractivity (Wildman–Crippen MR) is 158 cm³/mol. The normalized spacial score (nSPS) is 15.0. The zero-order valence-electron chi connectivity index (χ0n) is 24.4. The van der Waals surface area contributed by atoms with E-state index in [9.17, 15) is 19.2 Å². The number of hydrogen-bond acceptors (Lipinski definition) is 7. The molecule has 10 heteroatoms. The highest BCUT2D eigenvalue weighted by Crippen LogP contribution is 2.44. The Morgan fingerprint density at radius 3 is 2.02 bits per heavy atom. The van der Waals surface area contributed by atoms with E-state index in [1.807, 2.05) is 81.4 Å². The van der Waals surface area contributed by atoms with Crippen molar-refractivity contribution in [1.29, 1.82) is 0 Å². The highest BCUT2D eigenvalue weighted by atomic mass is 16.7. The fourth-order valence-corrected chi connectivity index (χ4v) is 5.29. The first-order valence-corrected chi connectivity index (χ1v) is 14.3.